The molecule has 0 aliphatic heterocycles. The zero-order chi connectivity index (χ0) is 24.5. The average Bonchev–Trinajstić information content (AvgIpc) is 2.80. The number of amides is 1. The molecule has 0 bridgehead atoms. The number of anilines is 1. The predicted octanol–water partition coefficient (Wildman–Crippen LogP) is 3.73. The quantitative estimate of drug-likeness (QED) is 0.298. The minimum absolute atomic E-state index is 0.0794. The number of benzene rings is 3. The Balaban J connectivity index is 1.67. The largest absolute Gasteiger partial charge is 0.325 e. The van der Waals surface area contributed by atoms with Crippen LogP contribution in [0.2, 0.25) is 5.02 Å². The predicted molar refractivity (Wildman–Crippen MR) is 134 cm³/mol. The first kappa shape index (κ1) is 24.0. The maximum atomic E-state index is 13.4. The van der Waals surface area contributed by atoms with Gasteiger partial charge in [0.2, 0.25) is 15.9 Å². The number of rotatable bonds is 6. The summed E-state index contributed by atoms with van der Waals surface area (Å²) in [5.41, 5.74) is 1.78. The molecule has 0 spiro atoms. The molecule has 0 radical (unpaired) electrons. The van der Waals surface area contributed by atoms with Crippen molar-refractivity contribution in [2.75, 3.05) is 11.1 Å². The van der Waals surface area contributed by atoms with Crippen LogP contribution in [0, 0.1) is 6.92 Å². The highest BCUT2D eigenvalue weighted by molar-refractivity contribution is 7.99. The Kier molecular flexibility index (Phi) is 6.76. The number of carbonyl (C=O) groups excluding carboxylic acids is 1. The first-order valence-electron chi connectivity index (χ1n) is 9.98. The van der Waals surface area contributed by atoms with Crippen LogP contribution in [-0.4, -0.2) is 29.6 Å². The summed E-state index contributed by atoms with van der Waals surface area (Å²) in [4.78, 5) is 30.5. The summed E-state index contributed by atoms with van der Waals surface area (Å²) in [6.07, 6.45) is 0. The van der Waals surface area contributed by atoms with Crippen molar-refractivity contribution in [3.05, 3.63) is 87.7 Å². The van der Waals surface area contributed by atoms with E-state index in [-0.39, 0.29) is 21.9 Å². The molecule has 0 aliphatic carbocycles. The van der Waals surface area contributed by atoms with Crippen molar-refractivity contribution in [1.82, 2.24) is 9.55 Å². The van der Waals surface area contributed by atoms with Crippen molar-refractivity contribution in [3.63, 3.8) is 0 Å². The van der Waals surface area contributed by atoms with Crippen molar-refractivity contribution in [1.29, 1.82) is 0 Å². The summed E-state index contributed by atoms with van der Waals surface area (Å²) in [5.74, 6) is -0.488. The van der Waals surface area contributed by atoms with E-state index in [4.69, 9.17) is 16.7 Å². The van der Waals surface area contributed by atoms with Crippen LogP contribution in [0.3, 0.4) is 0 Å². The number of nitrogens with one attached hydrogen (secondary N) is 1. The maximum Gasteiger partial charge on any atom is 0.266 e. The maximum absolute atomic E-state index is 13.4. The summed E-state index contributed by atoms with van der Waals surface area (Å²) < 4.78 is 24.6. The third-order valence-corrected chi connectivity index (χ3v) is 7.26. The third-order valence-electron chi connectivity index (χ3n) is 5.00. The van der Waals surface area contributed by atoms with E-state index in [1.165, 1.54) is 22.8 Å². The number of sulfonamides is 1. The van der Waals surface area contributed by atoms with Gasteiger partial charge in [-0.05, 0) is 55.0 Å². The summed E-state index contributed by atoms with van der Waals surface area (Å²) in [7, 11) is -3.90. The van der Waals surface area contributed by atoms with Gasteiger partial charge in [0.25, 0.3) is 5.56 Å². The lowest BCUT2D eigenvalue weighted by molar-refractivity contribution is -0.113. The molecule has 174 valence electrons. The van der Waals surface area contributed by atoms with Crippen molar-refractivity contribution in [3.8, 4) is 5.69 Å². The molecule has 0 fully saturated rings. The summed E-state index contributed by atoms with van der Waals surface area (Å²) in [5, 5.41) is 9.05. The first-order valence-corrected chi connectivity index (χ1v) is 12.9. The van der Waals surface area contributed by atoms with Crippen LogP contribution in [0.15, 0.2) is 81.6 Å². The summed E-state index contributed by atoms with van der Waals surface area (Å²) >= 11 is 7.37. The highest BCUT2D eigenvalue weighted by Gasteiger charge is 2.17. The van der Waals surface area contributed by atoms with E-state index in [0.717, 1.165) is 11.8 Å². The SMILES string of the molecule is Cc1c(Cl)cccc1-n1c(SCC(=O)Nc2cccc(S(N)(=O)=O)c2)nc2ccccc2c1=O. The third kappa shape index (κ3) is 5.00. The number of carbonyl (C=O) groups is 1. The van der Waals surface area contributed by atoms with Gasteiger partial charge in [0, 0.05) is 10.7 Å². The molecule has 0 saturated heterocycles. The molecule has 0 unspecified atom stereocenters. The van der Waals surface area contributed by atoms with Crippen LogP contribution < -0.4 is 16.0 Å². The van der Waals surface area contributed by atoms with Crippen LogP contribution in [-0.2, 0) is 14.8 Å². The number of aromatic nitrogens is 2. The molecule has 0 atom stereocenters. The number of thioether (sulfide) groups is 1. The number of para-hydroxylation sites is 1. The second-order valence-electron chi connectivity index (χ2n) is 7.35. The van der Waals surface area contributed by atoms with Crippen LogP contribution in [0.25, 0.3) is 16.6 Å². The van der Waals surface area contributed by atoms with Crippen LogP contribution in [0.4, 0.5) is 5.69 Å². The second kappa shape index (κ2) is 9.59. The molecule has 8 nitrogen and oxygen atoms in total. The highest BCUT2D eigenvalue weighted by atomic mass is 35.5. The van der Waals surface area contributed by atoms with Crippen LogP contribution in [0.5, 0.6) is 0 Å². The molecule has 3 aromatic carbocycles. The number of nitrogens with zero attached hydrogens (tertiary/aromatic N) is 2. The van der Waals surface area contributed by atoms with Gasteiger partial charge in [-0.1, -0.05) is 47.6 Å². The highest BCUT2D eigenvalue weighted by Crippen LogP contribution is 2.26. The standard InChI is InChI=1S/C23H19ClN4O4S2/c1-14-18(24)9-5-11-20(14)28-22(30)17-8-2-3-10-19(17)27-23(28)33-13-21(29)26-15-6-4-7-16(12-15)34(25,31)32/h2-12H,13H2,1H3,(H,26,29)(H2,25,31,32). The van der Waals surface area contributed by atoms with E-state index < -0.39 is 15.9 Å². The molecule has 11 heteroatoms. The van der Waals surface area contributed by atoms with Gasteiger partial charge in [-0.3, -0.25) is 14.2 Å². The molecule has 1 aromatic heterocycles. The van der Waals surface area contributed by atoms with Gasteiger partial charge in [0.15, 0.2) is 5.16 Å². The number of hydrogen-bond acceptors (Lipinski definition) is 6. The lowest BCUT2D eigenvalue weighted by Crippen LogP contribution is -2.23. The van der Waals surface area contributed by atoms with Gasteiger partial charge in [0.05, 0.1) is 27.2 Å². The van der Waals surface area contributed by atoms with E-state index >= 15 is 0 Å². The Morgan fingerprint density at radius 2 is 1.85 bits per heavy atom. The Labute approximate surface area is 204 Å². The van der Waals surface area contributed by atoms with E-state index in [1.54, 1.807) is 55.5 Å². The Bertz CT molecular complexity index is 1590. The molecule has 34 heavy (non-hydrogen) atoms. The minimum Gasteiger partial charge on any atom is -0.325 e. The topological polar surface area (TPSA) is 124 Å². The fraction of sp³-hybridized carbons (Fsp3) is 0.0870. The van der Waals surface area contributed by atoms with E-state index in [0.29, 0.717) is 32.3 Å². The Morgan fingerprint density at radius 3 is 2.62 bits per heavy atom. The first-order chi connectivity index (χ1) is 16.1. The fourth-order valence-corrected chi connectivity index (χ4v) is 4.87. The number of fused-ring (bicyclic) bond motifs is 1. The number of halogens is 1. The van der Waals surface area contributed by atoms with Crippen LogP contribution >= 0.6 is 23.4 Å². The van der Waals surface area contributed by atoms with Gasteiger partial charge in [-0.15, -0.1) is 0 Å². The zero-order valence-electron chi connectivity index (χ0n) is 17.9. The Morgan fingerprint density at radius 1 is 1.12 bits per heavy atom. The van der Waals surface area contributed by atoms with Gasteiger partial charge in [-0.2, -0.15) is 0 Å². The van der Waals surface area contributed by atoms with Crippen molar-refractivity contribution in [2.45, 2.75) is 17.0 Å². The molecule has 4 rings (SSSR count). The van der Waals surface area contributed by atoms with Crippen molar-refractivity contribution in [2.24, 2.45) is 5.14 Å². The monoisotopic (exact) mass is 514 g/mol. The molecular formula is C23H19ClN4O4S2. The number of hydrogen-bond donors (Lipinski definition) is 2. The molecule has 0 saturated carbocycles. The number of primary sulfonamides is 1. The molecule has 0 aliphatic rings. The van der Waals surface area contributed by atoms with Gasteiger partial charge in [0.1, 0.15) is 0 Å². The summed E-state index contributed by atoms with van der Waals surface area (Å²) in [6.45, 7) is 1.80. The zero-order valence-corrected chi connectivity index (χ0v) is 20.2. The number of nitrogens with two attached hydrogens (primary N) is 1. The molecular weight excluding hydrogens is 496 g/mol. The van der Waals surface area contributed by atoms with Gasteiger partial charge >= 0.3 is 0 Å². The summed E-state index contributed by atoms with van der Waals surface area (Å²) in [6, 6.07) is 17.9. The van der Waals surface area contributed by atoms with Gasteiger partial charge in [-0.25, -0.2) is 18.5 Å². The second-order valence-corrected chi connectivity index (χ2v) is 10.3. The molecule has 1 amide bonds. The van der Waals surface area contributed by atoms with Crippen molar-refractivity contribution < 1.29 is 13.2 Å². The molecule has 3 N–H and O–H groups in total. The molecule has 1 heterocycles. The molecule has 4 aromatic rings. The Hall–Kier alpha value is -3.18. The lowest BCUT2D eigenvalue weighted by Gasteiger charge is -2.15. The normalized spacial score (nSPS) is 11.5. The van der Waals surface area contributed by atoms with E-state index in [1.807, 2.05) is 0 Å². The van der Waals surface area contributed by atoms with Crippen molar-refractivity contribution >= 4 is 55.9 Å². The van der Waals surface area contributed by atoms with Gasteiger partial charge < -0.3 is 5.32 Å². The lowest BCUT2D eigenvalue weighted by atomic mass is 10.2. The smallest absolute Gasteiger partial charge is 0.266 e. The average molecular weight is 515 g/mol. The minimum atomic E-state index is -3.90. The fourth-order valence-electron chi connectivity index (χ4n) is 3.34. The van der Waals surface area contributed by atoms with E-state index in [9.17, 15) is 18.0 Å². The van der Waals surface area contributed by atoms with E-state index in [2.05, 4.69) is 10.3 Å². The van der Waals surface area contributed by atoms with Crippen LogP contribution in [0.1, 0.15) is 5.56 Å².